The molecule has 104 valence electrons. The van der Waals surface area contributed by atoms with Crippen LogP contribution in [-0.2, 0) is 0 Å². The molecule has 0 bridgehead atoms. The van der Waals surface area contributed by atoms with E-state index in [1.807, 2.05) is 22.6 Å². The molecule has 1 amide bonds. The van der Waals surface area contributed by atoms with Crippen molar-refractivity contribution in [2.75, 3.05) is 12.4 Å². The maximum absolute atomic E-state index is 12.0. The summed E-state index contributed by atoms with van der Waals surface area (Å²) in [6, 6.07) is 4.19. The Labute approximate surface area is 126 Å². The quantitative estimate of drug-likeness (QED) is 0.474. The van der Waals surface area contributed by atoms with E-state index in [1.165, 1.54) is 31.5 Å². The van der Waals surface area contributed by atoms with Crippen LogP contribution in [0.3, 0.4) is 0 Å². The van der Waals surface area contributed by atoms with Crippen molar-refractivity contribution in [2.24, 2.45) is 0 Å². The third-order valence-electron chi connectivity index (χ3n) is 2.47. The molecule has 0 aliphatic carbocycles. The van der Waals surface area contributed by atoms with E-state index in [2.05, 4.69) is 15.5 Å². The number of aromatic nitrogens is 2. The second-order valence-corrected chi connectivity index (χ2v) is 4.85. The minimum absolute atomic E-state index is 0.0891. The van der Waals surface area contributed by atoms with E-state index in [0.717, 1.165) is 0 Å². The van der Waals surface area contributed by atoms with E-state index in [4.69, 9.17) is 4.74 Å². The summed E-state index contributed by atoms with van der Waals surface area (Å²) in [6.45, 7) is 0. The molecule has 1 aromatic carbocycles. The Morgan fingerprint density at radius 1 is 1.55 bits per heavy atom. The van der Waals surface area contributed by atoms with Gasteiger partial charge in [-0.2, -0.15) is 5.10 Å². The second kappa shape index (κ2) is 5.86. The van der Waals surface area contributed by atoms with Crippen molar-refractivity contribution in [3.05, 3.63) is 43.8 Å². The van der Waals surface area contributed by atoms with Gasteiger partial charge in [0.05, 0.1) is 27.9 Å². The monoisotopic (exact) mass is 388 g/mol. The number of aromatic amines is 1. The summed E-state index contributed by atoms with van der Waals surface area (Å²) >= 11 is 1.94. The zero-order valence-corrected chi connectivity index (χ0v) is 12.4. The molecule has 0 unspecified atom stereocenters. The molecule has 20 heavy (non-hydrogen) atoms. The van der Waals surface area contributed by atoms with E-state index in [0.29, 0.717) is 9.32 Å². The van der Waals surface area contributed by atoms with Gasteiger partial charge in [0.25, 0.3) is 11.6 Å². The van der Waals surface area contributed by atoms with Crippen LogP contribution in [0.5, 0.6) is 5.75 Å². The van der Waals surface area contributed by atoms with Crippen LogP contribution in [0, 0.1) is 13.7 Å². The number of rotatable bonds is 4. The summed E-state index contributed by atoms with van der Waals surface area (Å²) in [4.78, 5) is 22.4. The fourth-order valence-corrected chi connectivity index (χ4v) is 2.02. The fourth-order valence-electron chi connectivity index (χ4n) is 1.51. The zero-order chi connectivity index (χ0) is 14.7. The molecule has 1 heterocycles. The minimum Gasteiger partial charge on any atom is -0.496 e. The molecule has 0 aliphatic heterocycles. The lowest BCUT2D eigenvalue weighted by Crippen LogP contribution is -2.14. The lowest BCUT2D eigenvalue weighted by Gasteiger charge is -2.06. The Morgan fingerprint density at radius 2 is 2.30 bits per heavy atom. The maximum atomic E-state index is 12.0. The number of nitro benzene ring substituents is 1. The molecule has 0 atom stereocenters. The average Bonchev–Trinajstić information content (AvgIpc) is 2.85. The van der Waals surface area contributed by atoms with Gasteiger partial charge in [-0.25, -0.2) is 0 Å². The van der Waals surface area contributed by atoms with Crippen molar-refractivity contribution in [3.63, 3.8) is 0 Å². The Balaban J connectivity index is 2.32. The molecule has 2 aromatic rings. The highest BCUT2D eigenvalue weighted by molar-refractivity contribution is 14.1. The summed E-state index contributed by atoms with van der Waals surface area (Å²) in [5.41, 5.74) is 0.0918. The highest BCUT2D eigenvalue weighted by Gasteiger charge is 2.19. The lowest BCUT2D eigenvalue weighted by atomic mass is 10.2. The van der Waals surface area contributed by atoms with Gasteiger partial charge in [-0.15, -0.1) is 0 Å². The molecule has 0 radical (unpaired) electrons. The van der Waals surface area contributed by atoms with Gasteiger partial charge in [0.2, 0.25) is 0 Å². The van der Waals surface area contributed by atoms with Crippen molar-refractivity contribution < 1.29 is 14.5 Å². The highest BCUT2D eigenvalue weighted by Crippen LogP contribution is 2.29. The number of methoxy groups -OCH3 is 1. The molecule has 0 spiro atoms. The van der Waals surface area contributed by atoms with E-state index >= 15 is 0 Å². The van der Waals surface area contributed by atoms with Crippen molar-refractivity contribution in [2.45, 2.75) is 0 Å². The third kappa shape index (κ3) is 2.87. The molecule has 8 nitrogen and oxygen atoms in total. The summed E-state index contributed by atoms with van der Waals surface area (Å²) < 4.78 is 5.54. The van der Waals surface area contributed by atoms with E-state index in [1.54, 1.807) is 0 Å². The topological polar surface area (TPSA) is 110 Å². The van der Waals surface area contributed by atoms with Crippen LogP contribution in [0.4, 0.5) is 11.4 Å². The molecular formula is C11H9IN4O4. The van der Waals surface area contributed by atoms with Gasteiger partial charge in [0.15, 0.2) is 0 Å². The number of H-pyrrole nitrogens is 1. The van der Waals surface area contributed by atoms with Crippen LogP contribution in [-0.4, -0.2) is 28.1 Å². The lowest BCUT2D eigenvalue weighted by molar-refractivity contribution is -0.384. The first-order valence-corrected chi connectivity index (χ1v) is 6.43. The molecule has 9 heteroatoms. The normalized spacial score (nSPS) is 10.1. The highest BCUT2D eigenvalue weighted by atomic mass is 127. The predicted octanol–water partition coefficient (Wildman–Crippen LogP) is 2.18. The first-order chi connectivity index (χ1) is 9.52. The zero-order valence-electron chi connectivity index (χ0n) is 10.2. The number of carbonyl (C=O) groups is 1. The summed E-state index contributed by atoms with van der Waals surface area (Å²) in [6.07, 6.45) is 1.48. The molecule has 0 saturated heterocycles. The standard InChI is InChI=1S/C11H9IN4O4/c1-20-6-2-3-8(9(4-6)16(18)19)14-11(17)10-7(12)5-13-15-10/h2-5H,1H3,(H,13,15)(H,14,17). The van der Waals surface area contributed by atoms with Crippen LogP contribution < -0.4 is 10.1 Å². The van der Waals surface area contributed by atoms with Gasteiger partial charge >= 0.3 is 0 Å². The molecule has 2 N–H and O–H groups in total. The van der Waals surface area contributed by atoms with Gasteiger partial charge < -0.3 is 10.1 Å². The number of nitro groups is 1. The van der Waals surface area contributed by atoms with E-state index in [9.17, 15) is 14.9 Å². The number of nitrogens with one attached hydrogen (secondary N) is 2. The largest absolute Gasteiger partial charge is 0.496 e. The number of hydrogen-bond acceptors (Lipinski definition) is 5. The Bertz CT molecular complexity index is 670. The van der Waals surface area contributed by atoms with Crippen LogP contribution in [0.1, 0.15) is 10.5 Å². The van der Waals surface area contributed by atoms with Crippen LogP contribution >= 0.6 is 22.6 Å². The first kappa shape index (κ1) is 14.2. The number of carbonyl (C=O) groups excluding carboxylic acids is 1. The molecule has 0 aliphatic rings. The molecule has 0 fully saturated rings. The number of nitrogens with zero attached hydrogens (tertiary/aromatic N) is 2. The number of amides is 1. The molecule has 2 rings (SSSR count). The number of halogens is 1. The first-order valence-electron chi connectivity index (χ1n) is 5.35. The van der Waals surface area contributed by atoms with Crippen LogP contribution in [0.15, 0.2) is 24.4 Å². The summed E-state index contributed by atoms with van der Waals surface area (Å²) in [7, 11) is 1.41. The van der Waals surface area contributed by atoms with Crippen molar-refractivity contribution in [1.29, 1.82) is 0 Å². The second-order valence-electron chi connectivity index (χ2n) is 3.69. The van der Waals surface area contributed by atoms with E-state index in [-0.39, 0.29) is 17.1 Å². The molecule has 1 aromatic heterocycles. The van der Waals surface area contributed by atoms with Crippen LogP contribution in [0.25, 0.3) is 0 Å². The maximum Gasteiger partial charge on any atom is 0.296 e. The predicted molar refractivity (Wildman–Crippen MR) is 78.9 cm³/mol. The van der Waals surface area contributed by atoms with Gasteiger partial charge in [-0.3, -0.25) is 20.0 Å². The number of benzene rings is 1. The third-order valence-corrected chi connectivity index (χ3v) is 3.29. The fraction of sp³-hybridized carbons (Fsp3) is 0.0909. The summed E-state index contributed by atoms with van der Waals surface area (Å²) in [5, 5.41) is 19.7. The van der Waals surface area contributed by atoms with Crippen molar-refractivity contribution in [1.82, 2.24) is 10.2 Å². The van der Waals surface area contributed by atoms with Crippen LogP contribution in [0.2, 0.25) is 0 Å². The van der Waals surface area contributed by atoms with Crippen molar-refractivity contribution in [3.8, 4) is 5.75 Å². The molecule has 0 saturated carbocycles. The average molecular weight is 388 g/mol. The van der Waals surface area contributed by atoms with Gasteiger partial charge in [-0.1, -0.05) is 0 Å². The number of anilines is 1. The van der Waals surface area contributed by atoms with E-state index < -0.39 is 10.8 Å². The SMILES string of the molecule is COc1ccc(NC(=O)c2[nH]ncc2I)c([N+](=O)[O-])c1. The minimum atomic E-state index is -0.587. The number of ether oxygens (including phenoxy) is 1. The molecular weight excluding hydrogens is 379 g/mol. The van der Waals surface area contributed by atoms with Gasteiger partial charge in [0.1, 0.15) is 17.1 Å². The number of hydrogen-bond donors (Lipinski definition) is 2. The smallest absolute Gasteiger partial charge is 0.296 e. The Morgan fingerprint density at radius 3 is 2.85 bits per heavy atom. The Hall–Kier alpha value is -2.17. The van der Waals surface area contributed by atoms with Crippen molar-refractivity contribution >= 4 is 39.9 Å². The van der Waals surface area contributed by atoms with Gasteiger partial charge in [0, 0.05) is 0 Å². The Kier molecular flexibility index (Phi) is 4.17. The van der Waals surface area contributed by atoms with Gasteiger partial charge in [-0.05, 0) is 34.7 Å². The summed E-state index contributed by atoms with van der Waals surface area (Å²) in [5.74, 6) is -0.161.